The van der Waals surface area contributed by atoms with Gasteiger partial charge in [-0.15, -0.1) is 0 Å². The standard InChI is InChI=1S/C24H42O5/c1-4-6-11-18(3)16-19(25)14-15-20-21(23(29-5-2)17-22(20)26)12-9-7-8-10-13-24(27)28/h14-15,18-20,22,25-26H,4-13,16-17H2,1-3H3,(H,27,28)/b15-14+/t18-,19-,20-,22-/m1/s1. The van der Waals surface area contributed by atoms with Gasteiger partial charge in [-0.1, -0.05) is 58.1 Å². The van der Waals surface area contributed by atoms with Gasteiger partial charge in [0, 0.05) is 18.8 Å². The number of aliphatic hydroxyl groups is 2. The van der Waals surface area contributed by atoms with Crippen molar-refractivity contribution in [1.29, 1.82) is 0 Å². The van der Waals surface area contributed by atoms with Crippen molar-refractivity contribution in [3.8, 4) is 0 Å². The quantitative estimate of drug-likeness (QED) is 0.240. The molecular weight excluding hydrogens is 368 g/mol. The van der Waals surface area contributed by atoms with Crippen LogP contribution in [0, 0.1) is 11.8 Å². The van der Waals surface area contributed by atoms with Crippen LogP contribution in [-0.4, -0.2) is 40.1 Å². The van der Waals surface area contributed by atoms with Gasteiger partial charge in [0.2, 0.25) is 0 Å². The smallest absolute Gasteiger partial charge is 0.303 e. The number of rotatable bonds is 16. The Kier molecular flexibility index (Phi) is 13.0. The molecule has 168 valence electrons. The number of ether oxygens (including phenoxy) is 1. The fourth-order valence-electron chi connectivity index (χ4n) is 4.10. The molecule has 1 aliphatic rings. The van der Waals surface area contributed by atoms with E-state index >= 15 is 0 Å². The van der Waals surface area contributed by atoms with Crippen LogP contribution in [0.25, 0.3) is 0 Å². The van der Waals surface area contributed by atoms with E-state index in [0.717, 1.165) is 49.9 Å². The Morgan fingerprint density at radius 3 is 2.59 bits per heavy atom. The molecule has 5 heteroatoms. The summed E-state index contributed by atoms with van der Waals surface area (Å²) >= 11 is 0. The second kappa shape index (κ2) is 14.6. The fourth-order valence-corrected chi connectivity index (χ4v) is 4.10. The fraction of sp³-hybridized carbons (Fsp3) is 0.792. The maximum atomic E-state index is 10.6. The molecular formula is C24H42O5. The summed E-state index contributed by atoms with van der Waals surface area (Å²) in [5.41, 5.74) is 1.14. The Bertz CT molecular complexity index is 525. The number of aliphatic carboxylic acids is 1. The van der Waals surface area contributed by atoms with Gasteiger partial charge in [-0.2, -0.15) is 0 Å². The Balaban J connectivity index is 2.61. The highest BCUT2D eigenvalue weighted by Crippen LogP contribution is 2.37. The van der Waals surface area contributed by atoms with E-state index in [-0.39, 0.29) is 12.3 Å². The number of carbonyl (C=O) groups is 1. The predicted octanol–water partition coefficient (Wildman–Crippen LogP) is 5.22. The zero-order chi connectivity index (χ0) is 21.6. The molecule has 0 saturated carbocycles. The molecule has 4 atom stereocenters. The van der Waals surface area contributed by atoms with Crippen LogP contribution in [0.1, 0.15) is 91.4 Å². The number of hydrogen-bond acceptors (Lipinski definition) is 4. The van der Waals surface area contributed by atoms with Crippen molar-refractivity contribution in [2.75, 3.05) is 6.61 Å². The van der Waals surface area contributed by atoms with Gasteiger partial charge in [0.25, 0.3) is 0 Å². The first-order chi connectivity index (χ1) is 13.9. The third-order valence-electron chi connectivity index (χ3n) is 5.71. The highest BCUT2D eigenvalue weighted by atomic mass is 16.5. The Morgan fingerprint density at radius 1 is 1.21 bits per heavy atom. The van der Waals surface area contributed by atoms with Crippen molar-refractivity contribution in [2.24, 2.45) is 11.8 Å². The molecule has 0 aliphatic heterocycles. The molecule has 0 saturated heterocycles. The molecule has 0 aromatic rings. The molecule has 0 aromatic carbocycles. The van der Waals surface area contributed by atoms with Gasteiger partial charge in [-0.05, 0) is 44.1 Å². The van der Waals surface area contributed by atoms with Crippen molar-refractivity contribution in [3.63, 3.8) is 0 Å². The number of aliphatic hydroxyl groups excluding tert-OH is 2. The van der Waals surface area contributed by atoms with Gasteiger partial charge >= 0.3 is 5.97 Å². The molecule has 5 nitrogen and oxygen atoms in total. The summed E-state index contributed by atoms with van der Waals surface area (Å²) in [7, 11) is 0. The minimum Gasteiger partial charge on any atom is -0.498 e. The number of carboxylic acids is 1. The largest absolute Gasteiger partial charge is 0.498 e. The van der Waals surface area contributed by atoms with Crippen molar-refractivity contribution in [1.82, 2.24) is 0 Å². The molecule has 1 rings (SSSR count). The van der Waals surface area contributed by atoms with E-state index in [0.29, 0.717) is 25.4 Å². The summed E-state index contributed by atoms with van der Waals surface area (Å²) < 4.78 is 5.79. The molecule has 29 heavy (non-hydrogen) atoms. The lowest BCUT2D eigenvalue weighted by Crippen LogP contribution is -2.16. The summed E-state index contributed by atoms with van der Waals surface area (Å²) in [6.07, 6.45) is 12.2. The summed E-state index contributed by atoms with van der Waals surface area (Å²) in [5, 5.41) is 29.6. The topological polar surface area (TPSA) is 87.0 Å². The highest BCUT2D eigenvalue weighted by molar-refractivity contribution is 5.66. The zero-order valence-corrected chi connectivity index (χ0v) is 18.6. The van der Waals surface area contributed by atoms with Gasteiger partial charge in [0.1, 0.15) is 0 Å². The first-order valence-electron chi connectivity index (χ1n) is 11.5. The molecule has 0 aromatic heterocycles. The van der Waals surface area contributed by atoms with E-state index in [1.54, 1.807) is 0 Å². The molecule has 0 radical (unpaired) electrons. The van der Waals surface area contributed by atoms with Gasteiger partial charge in [-0.3, -0.25) is 4.79 Å². The molecule has 0 spiro atoms. The minimum atomic E-state index is -0.738. The first kappa shape index (κ1) is 25.7. The van der Waals surface area contributed by atoms with Gasteiger partial charge in [0.15, 0.2) is 0 Å². The van der Waals surface area contributed by atoms with Crippen molar-refractivity contribution in [3.05, 3.63) is 23.5 Å². The van der Waals surface area contributed by atoms with Crippen LogP contribution in [0.5, 0.6) is 0 Å². The number of carboxylic acid groups (broad SMARTS) is 1. The Morgan fingerprint density at radius 2 is 1.93 bits per heavy atom. The normalized spacial score (nSPS) is 21.7. The lowest BCUT2D eigenvalue weighted by atomic mass is 9.92. The molecule has 1 aliphatic carbocycles. The highest BCUT2D eigenvalue weighted by Gasteiger charge is 2.32. The van der Waals surface area contributed by atoms with E-state index in [2.05, 4.69) is 13.8 Å². The predicted molar refractivity (Wildman–Crippen MR) is 117 cm³/mol. The Hall–Kier alpha value is -1.33. The van der Waals surface area contributed by atoms with E-state index in [1.807, 2.05) is 19.1 Å². The third kappa shape index (κ3) is 10.3. The van der Waals surface area contributed by atoms with Crippen LogP contribution in [0.15, 0.2) is 23.5 Å². The van der Waals surface area contributed by atoms with E-state index in [1.165, 1.54) is 12.8 Å². The average Bonchev–Trinajstić information content (AvgIpc) is 2.95. The van der Waals surface area contributed by atoms with E-state index in [9.17, 15) is 15.0 Å². The molecule has 0 amide bonds. The van der Waals surface area contributed by atoms with Crippen molar-refractivity contribution < 1.29 is 24.9 Å². The van der Waals surface area contributed by atoms with Gasteiger partial charge in [-0.25, -0.2) is 0 Å². The van der Waals surface area contributed by atoms with E-state index < -0.39 is 18.2 Å². The van der Waals surface area contributed by atoms with Gasteiger partial charge in [0.05, 0.1) is 24.6 Å². The van der Waals surface area contributed by atoms with Crippen LogP contribution in [0.4, 0.5) is 0 Å². The first-order valence-corrected chi connectivity index (χ1v) is 11.5. The SMILES string of the molecule is CCCC[C@@H](C)C[C@H](O)/C=C/[C@@H]1C(CCCCCCC(=O)O)=C(OCC)C[C@H]1O. The van der Waals surface area contributed by atoms with Crippen LogP contribution in [-0.2, 0) is 9.53 Å². The van der Waals surface area contributed by atoms with Crippen LogP contribution in [0.2, 0.25) is 0 Å². The third-order valence-corrected chi connectivity index (χ3v) is 5.71. The van der Waals surface area contributed by atoms with Crippen LogP contribution >= 0.6 is 0 Å². The zero-order valence-electron chi connectivity index (χ0n) is 18.6. The molecule has 0 bridgehead atoms. The average molecular weight is 411 g/mol. The summed E-state index contributed by atoms with van der Waals surface area (Å²) in [6.45, 7) is 6.90. The lowest BCUT2D eigenvalue weighted by molar-refractivity contribution is -0.137. The lowest BCUT2D eigenvalue weighted by Gasteiger charge is -2.17. The van der Waals surface area contributed by atoms with E-state index in [4.69, 9.17) is 9.84 Å². The maximum Gasteiger partial charge on any atom is 0.303 e. The maximum absolute atomic E-state index is 10.6. The van der Waals surface area contributed by atoms with Crippen molar-refractivity contribution in [2.45, 2.75) is 104 Å². The summed E-state index contributed by atoms with van der Waals surface area (Å²) in [6, 6.07) is 0. The monoisotopic (exact) mass is 410 g/mol. The number of unbranched alkanes of at least 4 members (excludes halogenated alkanes) is 4. The second-order valence-corrected chi connectivity index (χ2v) is 8.42. The van der Waals surface area contributed by atoms with Gasteiger partial charge < -0.3 is 20.1 Å². The molecule has 0 heterocycles. The van der Waals surface area contributed by atoms with Crippen LogP contribution in [0.3, 0.4) is 0 Å². The number of hydrogen-bond donors (Lipinski definition) is 3. The summed E-state index contributed by atoms with van der Waals surface area (Å²) in [5.74, 6) is 0.545. The van der Waals surface area contributed by atoms with Crippen molar-refractivity contribution >= 4 is 5.97 Å². The second-order valence-electron chi connectivity index (χ2n) is 8.42. The molecule has 3 N–H and O–H groups in total. The molecule has 0 fully saturated rings. The minimum absolute atomic E-state index is 0.101. The van der Waals surface area contributed by atoms with Crippen LogP contribution < -0.4 is 0 Å². The Labute approximate surface area is 176 Å². The molecule has 0 unspecified atom stereocenters. The summed E-state index contributed by atoms with van der Waals surface area (Å²) in [4.78, 5) is 10.6.